The number of benzene rings is 7. The summed E-state index contributed by atoms with van der Waals surface area (Å²) >= 11 is 0. The molecule has 0 amide bonds. The van der Waals surface area contributed by atoms with Gasteiger partial charge in [-0.2, -0.15) is 0 Å². The van der Waals surface area contributed by atoms with Crippen LogP contribution in [0.3, 0.4) is 0 Å². The highest BCUT2D eigenvalue weighted by atomic mass is 19.1. The predicted octanol–water partition coefficient (Wildman–Crippen LogP) is 17.5. The second kappa shape index (κ2) is 17.6. The molecule has 3 heterocycles. The predicted molar refractivity (Wildman–Crippen MR) is 279 cm³/mol. The third-order valence-electron chi connectivity index (χ3n) is 13.5. The number of pyridine rings is 1. The molecule has 0 N–H and O–H groups in total. The molecule has 67 heavy (non-hydrogen) atoms. The molecule has 0 saturated carbocycles. The van der Waals surface area contributed by atoms with Crippen LogP contribution in [0.25, 0.3) is 49.9 Å². The topological polar surface area (TPSA) is 33.5 Å². The van der Waals surface area contributed by atoms with Crippen molar-refractivity contribution in [2.45, 2.75) is 86.0 Å². The van der Waals surface area contributed by atoms with Crippen molar-refractivity contribution < 1.29 is 9.13 Å². The van der Waals surface area contributed by atoms with E-state index in [-0.39, 0.29) is 17.7 Å². The Kier molecular flexibility index (Phi) is 11.5. The second-order valence-electron chi connectivity index (χ2n) is 19.5. The van der Waals surface area contributed by atoms with Gasteiger partial charge < -0.3 is 14.5 Å². The third kappa shape index (κ3) is 8.03. The number of fused-ring (bicyclic) bond motifs is 4. The van der Waals surface area contributed by atoms with Crippen LogP contribution in [-0.2, 0) is 0 Å². The highest BCUT2D eigenvalue weighted by Crippen LogP contribution is 2.51. The maximum Gasteiger partial charge on any atom is 0.137 e. The van der Waals surface area contributed by atoms with E-state index in [1.165, 1.54) is 50.1 Å². The molecular weight excluding hydrogens is 824 g/mol. The molecule has 0 saturated heterocycles. The van der Waals surface area contributed by atoms with E-state index in [0.29, 0.717) is 18.5 Å². The molecule has 0 spiro atoms. The minimum Gasteiger partial charge on any atom is -0.457 e. The number of para-hydroxylation sites is 1. The number of ether oxygens (including phenoxy) is 1. The van der Waals surface area contributed by atoms with Crippen molar-refractivity contribution in [3.05, 3.63) is 191 Å². The monoisotopic (exact) mass is 882 g/mol. The van der Waals surface area contributed by atoms with Gasteiger partial charge in [0.15, 0.2) is 0 Å². The molecule has 0 unspecified atom stereocenters. The fourth-order valence-electron chi connectivity index (χ4n) is 10.2. The largest absolute Gasteiger partial charge is 0.457 e. The molecule has 0 bridgehead atoms. The first-order valence-corrected chi connectivity index (χ1v) is 23.8. The first-order chi connectivity index (χ1) is 32.3. The number of halogens is 1. The number of aryl methyl sites for hydroxylation is 1. The van der Waals surface area contributed by atoms with E-state index in [4.69, 9.17) is 9.72 Å². The van der Waals surface area contributed by atoms with Gasteiger partial charge in [0.2, 0.25) is 0 Å². The van der Waals surface area contributed by atoms with Gasteiger partial charge in [0.25, 0.3) is 0 Å². The Bertz CT molecular complexity index is 3240. The van der Waals surface area contributed by atoms with Crippen LogP contribution in [0.2, 0.25) is 0 Å². The van der Waals surface area contributed by atoms with E-state index in [2.05, 4.69) is 192 Å². The second-order valence-corrected chi connectivity index (χ2v) is 19.5. The van der Waals surface area contributed by atoms with Crippen molar-refractivity contribution in [2.24, 2.45) is 0 Å². The molecule has 0 radical (unpaired) electrons. The quantitative estimate of drug-likeness (QED) is 0.130. The Morgan fingerprint density at radius 3 is 1.85 bits per heavy atom. The van der Waals surface area contributed by atoms with Gasteiger partial charge in [-0.05, 0) is 160 Å². The lowest BCUT2D eigenvalue weighted by Crippen LogP contribution is -2.26. The molecular formula is C61H59FN4O. The van der Waals surface area contributed by atoms with Gasteiger partial charge in [-0.1, -0.05) is 116 Å². The fourth-order valence-corrected chi connectivity index (χ4v) is 10.2. The van der Waals surface area contributed by atoms with Crippen LogP contribution < -0.4 is 14.5 Å². The average molecular weight is 883 g/mol. The van der Waals surface area contributed by atoms with Gasteiger partial charge in [-0.15, -0.1) is 0 Å². The lowest BCUT2D eigenvalue weighted by atomic mass is 9.85. The first-order valence-electron chi connectivity index (χ1n) is 23.8. The van der Waals surface area contributed by atoms with Crippen LogP contribution in [0.5, 0.6) is 11.5 Å². The summed E-state index contributed by atoms with van der Waals surface area (Å²) in [7, 11) is 0. The van der Waals surface area contributed by atoms with Crippen LogP contribution in [-0.4, -0.2) is 16.2 Å². The van der Waals surface area contributed by atoms with Gasteiger partial charge in [0, 0.05) is 40.5 Å². The van der Waals surface area contributed by atoms with Crippen molar-refractivity contribution in [2.75, 3.05) is 16.5 Å². The van der Waals surface area contributed by atoms with Crippen LogP contribution in [0.4, 0.5) is 27.1 Å². The van der Waals surface area contributed by atoms with Gasteiger partial charge >= 0.3 is 0 Å². The smallest absolute Gasteiger partial charge is 0.137 e. The van der Waals surface area contributed by atoms with E-state index in [0.717, 1.165) is 61.8 Å². The fraction of sp³-hybridized carbons (Fsp3) is 0.230. The Balaban J connectivity index is 1.15. The maximum absolute atomic E-state index is 14.1. The molecule has 336 valence electrons. The molecule has 0 atom stereocenters. The van der Waals surface area contributed by atoms with Crippen molar-refractivity contribution >= 4 is 44.6 Å². The van der Waals surface area contributed by atoms with E-state index in [9.17, 15) is 4.39 Å². The Morgan fingerprint density at radius 1 is 0.507 bits per heavy atom. The molecule has 5 nitrogen and oxygen atoms in total. The Morgan fingerprint density at radius 2 is 1.18 bits per heavy atom. The van der Waals surface area contributed by atoms with Crippen molar-refractivity contribution in [3.8, 4) is 39.6 Å². The van der Waals surface area contributed by atoms with Crippen LogP contribution in [0.15, 0.2) is 158 Å². The van der Waals surface area contributed by atoms with E-state index in [1.54, 1.807) is 12.1 Å². The lowest BCUT2D eigenvalue weighted by Gasteiger charge is -2.30. The molecule has 0 aliphatic carbocycles. The number of nitrogens with zero attached hydrogens (tertiary/aromatic N) is 4. The molecule has 9 aromatic rings. The number of hydrogen-bond acceptors (Lipinski definition) is 4. The summed E-state index contributed by atoms with van der Waals surface area (Å²) in [6.45, 7) is 21.1. The SMILES string of the molecule is Cc1ccc2c(c1)N(c1c(C(C)C)cc(-c3ccc(F)cc3)cc1C(C)C)CN2c1cc(Oc2ccc3c4ccccc4n(-c4ccccn4)c3c2)cc(-c2c(C(C)C)cccc2C(C)C)c1. The summed E-state index contributed by atoms with van der Waals surface area (Å²) in [6.07, 6.45) is 1.85. The zero-order valence-electron chi connectivity index (χ0n) is 40.1. The average Bonchev–Trinajstić information content (AvgIpc) is 3.86. The lowest BCUT2D eigenvalue weighted by molar-refractivity contribution is 0.483. The van der Waals surface area contributed by atoms with Crippen LogP contribution >= 0.6 is 0 Å². The number of hydrogen-bond donors (Lipinski definition) is 0. The molecule has 1 aliphatic rings. The van der Waals surface area contributed by atoms with Crippen molar-refractivity contribution in [1.29, 1.82) is 0 Å². The van der Waals surface area contributed by atoms with E-state index < -0.39 is 0 Å². The van der Waals surface area contributed by atoms with Gasteiger partial charge in [0.05, 0.1) is 22.4 Å². The highest BCUT2D eigenvalue weighted by Gasteiger charge is 2.33. The van der Waals surface area contributed by atoms with Gasteiger partial charge in [-0.3, -0.25) is 4.57 Å². The summed E-state index contributed by atoms with van der Waals surface area (Å²) < 4.78 is 23.5. The molecule has 10 rings (SSSR count). The summed E-state index contributed by atoms with van der Waals surface area (Å²) in [5, 5.41) is 2.32. The first kappa shape index (κ1) is 43.7. The molecule has 0 fully saturated rings. The summed E-state index contributed by atoms with van der Waals surface area (Å²) in [6, 6.07) is 53.0. The number of rotatable bonds is 11. The van der Waals surface area contributed by atoms with Gasteiger partial charge in [0.1, 0.15) is 29.8 Å². The zero-order valence-corrected chi connectivity index (χ0v) is 40.1. The molecule has 7 aromatic carbocycles. The van der Waals surface area contributed by atoms with Gasteiger partial charge in [-0.25, -0.2) is 9.37 Å². The summed E-state index contributed by atoms with van der Waals surface area (Å²) in [4.78, 5) is 9.77. The number of anilines is 4. The van der Waals surface area contributed by atoms with Crippen molar-refractivity contribution in [3.63, 3.8) is 0 Å². The number of aromatic nitrogens is 2. The van der Waals surface area contributed by atoms with Crippen molar-refractivity contribution in [1.82, 2.24) is 9.55 Å². The molecule has 2 aromatic heterocycles. The molecule has 1 aliphatic heterocycles. The molecule has 6 heteroatoms. The zero-order chi connectivity index (χ0) is 46.7. The minimum absolute atomic E-state index is 0.228. The third-order valence-corrected chi connectivity index (χ3v) is 13.5. The Labute approximate surface area is 395 Å². The highest BCUT2D eigenvalue weighted by molar-refractivity contribution is 6.09. The minimum atomic E-state index is -0.228. The summed E-state index contributed by atoms with van der Waals surface area (Å²) in [5.74, 6) is 3.23. The maximum atomic E-state index is 14.1. The van der Waals surface area contributed by atoms with Crippen LogP contribution in [0, 0.1) is 12.7 Å². The normalized spacial score (nSPS) is 12.7. The van der Waals surface area contributed by atoms with E-state index >= 15 is 0 Å². The van der Waals surface area contributed by atoms with E-state index in [1.807, 2.05) is 30.5 Å². The van der Waals surface area contributed by atoms with Crippen LogP contribution in [0.1, 0.15) is 107 Å². The summed E-state index contributed by atoms with van der Waals surface area (Å²) in [5.41, 5.74) is 17.6. The standard InChI is InChI=1S/C61H59FN4O/c1-37(2)49-16-14-17-50(38(3)4)60(49)44-30-46(34-48(31-44)67-47-25-26-52-51-15-10-11-18-55(51)66(57(52)35-47)59-19-12-13-28-63-59)64-36-65(58-29-41(9)20-27-56(58)64)61-53(39(5)6)32-43(33-54(61)40(7)8)42-21-23-45(62)24-22-42/h10-35,37-40H,36H2,1-9H3. The Hall–Kier alpha value is -7.18.